The minimum Gasteiger partial charge on any atom is -0.483 e. The fourth-order valence-electron chi connectivity index (χ4n) is 0.544. The SMILES string of the molecule is CCc1scnc1N.O=CO. The lowest BCUT2D eigenvalue weighted by Crippen LogP contribution is -1.87. The van der Waals surface area contributed by atoms with Gasteiger partial charge in [0.1, 0.15) is 5.82 Å². The van der Waals surface area contributed by atoms with Crippen molar-refractivity contribution in [2.75, 3.05) is 5.73 Å². The molecule has 0 aliphatic heterocycles. The number of thiazole rings is 1. The highest BCUT2D eigenvalue weighted by Crippen LogP contribution is 2.14. The number of anilines is 1. The zero-order valence-corrected chi connectivity index (χ0v) is 6.97. The largest absolute Gasteiger partial charge is 0.483 e. The molecule has 0 fully saturated rings. The Balaban J connectivity index is 0.000000292. The molecule has 0 saturated heterocycles. The van der Waals surface area contributed by atoms with Crippen LogP contribution in [0.25, 0.3) is 0 Å². The lowest BCUT2D eigenvalue weighted by molar-refractivity contribution is -0.122. The molecule has 1 aromatic heterocycles. The number of nitrogen functional groups attached to an aromatic ring is 1. The molecule has 1 aromatic rings. The molecular formula is C6H10N2O2S. The number of rotatable bonds is 1. The standard InChI is InChI=1S/C5H8N2S.CH2O2/c1-2-4-5(6)7-3-8-4;2-1-3/h3H,2,6H2,1H3;1H,(H,2,3). The van der Waals surface area contributed by atoms with Gasteiger partial charge in [-0.3, -0.25) is 4.79 Å². The van der Waals surface area contributed by atoms with Crippen molar-refractivity contribution in [2.45, 2.75) is 13.3 Å². The summed E-state index contributed by atoms with van der Waals surface area (Å²) in [5.74, 6) is 0.692. The lowest BCUT2D eigenvalue weighted by atomic mass is 10.4. The van der Waals surface area contributed by atoms with Crippen LogP contribution in [0, 0.1) is 0 Å². The van der Waals surface area contributed by atoms with Gasteiger partial charge in [-0.05, 0) is 6.42 Å². The van der Waals surface area contributed by atoms with E-state index in [1.54, 1.807) is 16.8 Å². The molecule has 5 heteroatoms. The maximum absolute atomic E-state index is 8.36. The number of aryl methyl sites for hydroxylation is 1. The van der Waals surface area contributed by atoms with E-state index in [9.17, 15) is 0 Å². The predicted molar refractivity (Wildman–Crippen MR) is 44.6 cm³/mol. The van der Waals surface area contributed by atoms with Crippen LogP contribution in [0.2, 0.25) is 0 Å². The second-order valence-electron chi connectivity index (χ2n) is 1.62. The summed E-state index contributed by atoms with van der Waals surface area (Å²) in [6, 6.07) is 0. The summed E-state index contributed by atoms with van der Waals surface area (Å²) in [7, 11) is 0. The molecule has 0 atom stereocenters. The zero-order valence-electron chi connectivity index (χ0n) is 6.15. The molecule has 0 bridgehead atoms. The van der Waals surface area contributed by atoms with Gasteiger partial charge in [0.05, 0.1) is 5.51 Å². The number of aromatic nitrogens is 1. The Morgan fingerprint density at radius 1 is 1.91 bits per heavy atom. The first-order valence-electron chi connectivity index (χ1n) is 3.01. The molecule has 0 saturated carbocycles. The Hall–Kier alpha value is -1.10. The van der Waals surface area contributed by atoms with Crippen LogP contribution >= 0.6 is 11.3 Å². The molecule has 0 aromatic carbocycles. The van der Waals surface area contributed by atoms with E-state index in [1.807, 2.05) is 0 Å². The minimum absolute atomic E-state index is 0.250. The van der Waals surface area contributed by atoms with Gasteiger partial charge >= 0.3 is 0 Å². The Morgan fingerprint density at radius 2 is 2.45 bits per heavy atom. The molecule has 0 spiro atoms. The van der Waals surface area contributed by atoms with Crippen LogP contribution in [-0.2, 0) is 11.2 Å². The van der Waals surface area contributed by atoms with Crippen LogP contribution in [0.15, 0.2) is 5.51 Å². The van der Waals surface area contributed by atoms with Gasteiger partial charge in [0.15, 0.2) is 0 Å². The summed E-state index contributed by atoms with van der Waals surface area (Å²) in [5.41, 5.74) is 7.22. The van der Waals surface area contributed by atoms with Crippen molar-refractivity contribution in [3.8, 4) is 0 Å². The molecule has 0 unspecified atom stereocenters. The van der Waals surface area contributed by atoms with Crippen LogP contribution in [0.1, 0.15) is 11.8 Å². The first-order chi connectivity index (χ1) is 5.26. The molecule has 0 amide bonds. The van der Waals surface area contributed by atoms with Crippen molar-refractivity contribution in [2.24, 2.45) is 0 Å². The Bertz CT molecular complexity index is 212. The summed E-state index contributed by atoms with van der Waals surface area (Å²) >= 11 is 1.61. The van der Waals surface area contributed by atoms with Crippen LogP contribution in [-0.4, -0.2) is 16.6 Å². The van der Waals surface area contributed by atoms with Gasteiger partial charge in [0.25, 0.3) is 6.47 Å². The fourth-order valence-corrected chi connectivity index (χ4v) is 1.18. The summed E-state index contributed by atoms with van der Waals surface area (Å²) in [6.07, 6.45) is 0.997. The smallest absolute Gasteiger partial charge is 0.290 e. The van der Waals surface area contributed by atoms with Crippen LogP contribution in [0.3, 0.4) is 0 Å². The average Bonchev–Trinajstić information content (AvgIpc) is 2.36. The Labute approximate surface area is 68.7 Å². The van der Waals surface area contributed by atoms with Gasteiger partial charge in [-0.25, -0.2) is 4.98 Å². The third kappa shape index (κ3) is 3.57. The fraction of sp³-hybridized carbons (Fsp3) is 0.333. The topological polar surface area (TPSA) is 76.2 Å². The summed E-state index contributed by atoms with van der Waals surface area (Å²) in [5, 5.41) is 6.89. The molecule has 1 heterocycles. The quantitative estimate of drug-likeness (QED) is 0.622. The maximum atomic E-state index is 8.36. The van der Waals surface area contributed by atoms with Crippen molar-refractivity contribution in [3.63, 3.8) is 0 Å². The van der Waals surface area contributed by atoms with Crippen molar-refractivity contribution in [1.29, 1.82) is 0 Å². The lowest BCUT2D eigenvalue weighted by Gasteiger charge is -1.85. The van der Waals surface area contributed by atoms with Crippen LogP contribution in [0.5, 0.6) is 0 Å². The van der Waals surface area contributed by atoms with Crippen molar-refractivity contribution < 1.29 is 9.90 Å². The van der Waals surface area contributed by atoms with Gasteiger partial charge in [-0.1, -0.05) is 6.92 Å². The molecule has 3 N–H and O–H groups in total. The minimum atomic E-state index is -0.250. The van der Waals surface area contributed by atoms with Gasteiger partial charge in [-0.15, -0.1) is 11.3 Å². The van der Waals surface area contributed by atoms with E-state index in [-0.39, 0.29) is 6.47 Å². The third-order valence-corrected chi connectivity index (χ3v) is 1.99. The number of hydrogen-bond donors (Lipinski definition) is 2. The van der Waals surface area contributed by atoms with Crippen molar-refractivity contribution >= 4 is 23.6 Å². The predicted octanol–water partition coefficient (Wildman–Crippen LogP) is 0.988. The maximum Gasteiger partial charge on any atom is 0.290 e. The monoisotopic (exact) mass is 174 g/mol. The summed E-state index contributed by atoms with van der Waals surface area (Å²) < 4.78 is 0. The van der Waals surface area contributed by atoms with Gasteiger partial charge in [0, 0.05) is 4.88 Å². The van der Waals surface area contributed by atoms with E-state index in [0.717, 1.165) is 6.42 Å². The van der Waals surface area contributed by atoms with Crippen molar-refractivity contribution in [3.05, 3.63) is 10.4 Å². The second-order valence-corrected chi connectivity index (χ2v) is 2.56. The van der Waals surface area contributed by atoms with E-state index in [0.29, 0.717) is 5.82 Å². The first kappa shape index (κ1) is 9.90. The average molecular weight is 174 g/mol. The Kier molecular flexibility index (Phi) is 5.10. The first-order valence-corrected chi connectivity index (χ1v) is 3.89. The highest BCUT2D eigenvalue weighted by atomic mass is 32.1. The Morgan fingerprint density at radius 3 is 2.64 bits per heavy atom. The summed E-state index contributed by atoms with van der Waals surface area (Å²) in [4.78, 5) is 13.4. The number of carbonyl (C=O) groups is 1. The molecule has 11 heavy (non-hydrogen) atoms. The van der Waals surface area contributed by atoms with E-state index in [2.05, 4.69) is 11.9 Å². The van der Waals surface area contributed by atoms with Gasteiger partial charge in [-0.2, -0.15) is 0 Å². The van der Waals surface area contributed by atoms with Crippen molar-refractivity contribution in [1.82, 2.24) is 4.98 Å². The zero-order chi connectivity index (χ0) is 8.69. The number of hydrogen-bond acceptors (Lipinski definition) is 4. The highest BCUT2D eigenvalue weighted by Gasteiger charge is 1.95. The summed E-state index contributed by atoms with van der Waals surface area (Å²) in [6.45, 7) is 1.82. The molecular weight excluding hydrogens is 164 g/mol. The molecule has 0 aliphatic carbocycles. The van der Waals surface area contributed by atoms with E-state index < -0.39 is 0 Å². The third-order valence-electron chi connectivity index (χ3n) is 0.994. The van der Waals surface area contributed by atoms with Gasteiger partial charge in [0.2, 0.25) is 0 Å². The number of nitrogens with zero attached hydrogens (tertiary/aromatic N) is 1. The van der Waals surface area contributed by atoms with E-state index in [1.165, 1.54) is 4.88 Å². The van der Waals surface area contributed by atoms with E-state index in [4.69, 9.17) is 15.6 Å². The van der Waals surface area contributed by atoms with Crippen LogP contribution < -0.4 is 5.73 Å². The normalized spacial score (nSPS) is 8.09. The molecule has 0 aliphatic rings. The highest BCUT2D eigenvalue weighted by molar-refractivity contribution is 7.10. The second kappa shape index (κ2) is 5.67. The number of carboxylic acid groups (broad SMARTS) is 1. The van der Waals surface area contributed by atoms with Crippen LogP contribution in [0.4, 0.5) is 5.82 Å². The molecule has 0 radical (unpaired) electrons. The molecule has 4 nitrogen and oxygen atoms in total. The molecule has 1 rings (SSSR count). The number of nitrogens with two attached hydrogens (primary N) is 1. The van der Waals surface area contributed by atoms with Gasteiger partial charge < -0.3 is 10.8 Å². The molecule has 62 valence electrons. The van der Waals surface area contributed by atoms with E-state index >= 15 is 0 Å².